The molecule has 27 heavy (non-hydrogen) atoms. The monoisotopic (exact) mass is 387 g/mol. The fraction of sp³-hybridized carbons (Fsp3) is 0.200. The van der Waals surface area contributed by atoms with Crippen molar-refractivity contribution < 1.29 is 19.4 Å². The molecule has 0 fully saturated rings. The quantitative estimate of drug-likeness (QED) is 0.593. The molecule has 0 saturated carbocycles. The molecular formula is C20H18ClNO5. The van der Waals surface area contributed by atoms with Crippen LogP contribution in [0.5, 0.6) is 5.75 Å². The van der Waals surface area contributed by atoms with Crippen molar-refractivity contribution in [3.63, 3.8) is 0 Å². The average molecular weight is 388 g/mol. The van der Waals surface area contributed by atoms with Gasteiger partial charge in [-0.15, -0.1) is 0 Å². The highest BCUT2D eigenvalue weighted by Crippen LogP contribution is 2.30. The number of aryl methyl sites for hydroxylation is 1. The number of hydrogen-bond donors (Lipinski definition) is 3. The molecule has 1 aromatic heterocycles. The molecule has 0 radical (unpaired) electrons. The summed E-state index contributed by atoms with van der Waals surface area (Å²) in [5.41, 5.74) is 1.53. The van der Waals surface area contributed by atoms with Crippen molar-refractivity contribution in [1.29, 1.82) is 0 Å². The molecule has 7 heteroatoms. The fourth-order valence-corrected chi connectivity index (χ4v) is 3.01. The van der Waals surface area contributed by atoms with Crippen LogP contribution in [-0.4, -0.2) is 16.1 Å². The van der Waals surface area contributed by atoms with Gasteiger partial charge in [0.15, 0.2) is 0 Å². The number of phenols is 1. The molecule has 0 bridgehead atoms. The Morgan fingerprint density at radius 1 is 1.30 bits per heavy atom. The number of carbonyl (C=O) groups is 1. The minimum atomic E-state index is -0.655. The zero-order chi connectivity index (χ0) is 19.7. The third-order valence-corrected chi connectivity index (χ3v) is 4.65. The standard InChI is InChI=1S/C20H18ClNO5/c1-10-14-7-16(21)17(24)9-18(14)27-20(26)15(10)8-19(25)22-13-5-3-4-12(6-13)11(2)23/h3-7,9,11,23-24H,8H2,1-2H3,(H,22,25)/t11-/m1/s1. The number of benzene rings is 2. The topological polar surface area (TPSA) is 99.8 Å². The molecule has 1 atom stereocenters. The molecule has 3 N–H and O–H groups in total. The molecule has 0 spiro atoms. The van der Waals surface area contributed by atoms with Crippen LogP contribution >= 0.6 is 11.6 Å². The fourth-order valence-electron chi connectivity index (χ4n) is 2.84. The molecule has 1 amide bonds. The minimum absolute atomic E-state index is 0.129. The van der Waals surface area contributed by atoms with E-state index in [1.807, 2.05) is 0 Å². The number of fused-ring (bicyclic) bond motifs is 1. The molecule has 1 heterocycles. The molecule has 6 nitrogen and oxygen atoms in total. The van der Waals surface area contributed by atoms with Crippen molar-refractivity contribution >= 4 is 34.2 Å². The summed E-state index contributed by atoms with van der Waals surface area (Å²) in [5, 5.41) is 22.7. The van der Waals surface area contributed by atoms with E-state index >= 15 is 0 Å². The highest BCUT2D eigenvalue weighted by atomic mass is 35.5. The van der Waals surface area contributed by atoms with Crippen LogP contribution in [0.1, 0.15) is 29.7 Å². The lowest BCUT2D eigenvalue weighted by Crippen LogP contribution is -2.20. The molecule has 0 saturated heterocycles. The Hall–Kier alpha value is -2.83. The van der Waals surface area contributed by atoms with Gasteiger partial charge in [0.2, 0.25) is 5.91 Å². The second-order valence-corrected chi connectivity index (χ2v) is 6.73. The van der Waals surface area contributed by atoms with E-state index in [0.717, 1.165) is 0 Å². The first-order valence-electron chi connectivity index (χ1n) is 8.29. The third kappa shape index (κ3) is 3.97. The number of phenolic OH excluding ortho intramolecular Hbond substituents is 1. The van der Waals surface area contributed by atoms with Crippen LogP contribution in [0, 0.1) is 6.92 Å². The first-order valence-corrected chi connectivity index (χ1v) is 8.66. The van der Waals surface area contributed by atoms with E-state index in [4.69, 9.17) is 16.0 Å². The van der Waals surface area contributed by atoms with Gasteiger partial charge in [0.1, 0.15) is 11.3 Å². The summed E-state index contributed by atoms with van der Waals surface area (Å²) in [4.78, 5) is 24.7. The summed E-state index contributed by atoms with van der Waals surface area (Å²) in [6.07, 6.45) is -0.834. The van der Waals surface area contributed by atoms with Crippen LogP contribution in [0.2, 0.25) is 5.02 Å². The van der Waals surface area contributed by atoms with E-state index < -0.39 is 17.6 Å². The van der Waals surface area contributed by atoms with Crippen LogP contribution in [0.3, 0.4) is 0 Å². The van der Waals surface area contributed by atoms with Gasteiger partial charge in [-0.05, 0) is 43.2 Å². The number of halogens is 1. The van der Waals surface area contributed by atoms with Gasteiger partial charge in [-0.25, -0.2) is 4.79 Å². The maximum atomic E-state index is 12.4. The van der Waals surface area contributed by atoms with E-state index in [2.05, 4.69) is 5.32 Å². The second kappa shape index (κ2) is 7.42. The number of aliphatic hydroxyl groups excluding tert-OH is 1. The highest BCUT2D eigenvalue weighted by molar-refractivity contribution is 6.32. The summed E-state index contributed by atoms with van der Waals surface area (Å²) < 4.78 is 5.22. The van der Waals surface area contributed by atoms with Gasteiger partial charge in [0.25, 0.3) is 0 Å². The third-order valence-electron chi connectivity index (χ3n) is 4.34. The number of nitrogens with one attached hydrogen (secondary N) is 1. The second-order valence-electron chi connectivity index (χ2n) is 6.32. The van der Waals surface area contributed by atoms with Gasteiger partial charge >= 0.3 is 5.63 Å². The van der Waals surface area contributed by atoms with Gasteiger partial charge in [-0.3, -0.25) is 4.79 Å². The van der Waals surface area contributed by atoms with Crippen molar-refractivity contribution in [3.8, 4) is 5.75 Å². The average Bonchev–Trinajstić information content (AvgIpc) is 2.61. The van der Waals surface area contributed by atoms with Gasteiger partial charge in [-0.2, -0.15) is 0 Å². The van der Waals surface area contributed by atoms with Gasteiger partial charge < -0.3 is 19.9 Å². The normalized spacial score (nSPS) is 12.1. The number of carbonyl (C=O) groups excluding carboxylic acids is 1. The number of amides is 1. The zero-order valence-corrected chi connectivity index (χ0v) is 15.5. The van der Waals surface area contributed by atoms with Crippen LogP contribution in [-0.2, 0) is 11.2 Å². The van der Waals surface area contributed by atoms with Gasteiger partial charge in [0, 0.05) is 17.1 Å². The summed E-state index contributed by atoms with van der Waals surface area (Å²) in [6.45, 7) is 3.33. The van der Waals surface area contributed by atoms with Crippen molar-refractivity contribution in [2.45, 2.75) is 26.4 Å². The first kappa shape index (κ1) is 18.9. The van der Waals surface area contributed by atoms with E-state index in [-0.39, 0.29) is 28.3 Å². The molecule has 0 aliphatic heterocycles. The lowest BCUT2D eigenvalue weighted by atomic mass is 10.0. The summed E-state index contributed by atoms with van der Waals surface area (Å²) in [5.74, 6) is -0.576. The molecule has 0 aliphatic carbocycles. The van der Waals surface area contributed by atoms with Crippen LogP contribution in [0.15, 0.2) is 45.6 Å². The largest absolute Gasteiger partial charge is 0.506 e. The number of hydrogen-bond acceptors (Lipinski definition) is 5. The Bertz CT molecular complexity index is 1090. The van der Waals surface area contributed by atoms with Crippen LogP contribution in [0.4, 0.5) is 5.69 Å². The zero-order valence-electron chi connectivity index (χ0n) is 14.7. The smallest absolute Gasteiger partial charge is 0.340 e. The molecule has 0 unspecified atom stereocenters. The van der Waals surface area contributed by atoms with Crippen LogP contribution < -0.4 is 10.9 Å². The number of aliphatic hydroxyl groups is 1. The predicted molar refractivity (Wildman–Crippen MR) is 103 cm³/mol. The molecule has 0 aliphatic rings. The van der Waals surface area contributed by atoms with Gasteiger partial charge in [-0.1, -0.05) is 23.7 Å². The Balaban J connectivity index is 1.90. The Kier molecular flexibility index (Phi) is 5.21. The minimum Gasteiger partial charge on any atom is -0.506 e. The van der Waals surface area contributed by atoms with Gasteiger partial charge in [0.05, 0.1) is 23.1 Å². The Labute approximate surface area is 160 Å². The SMILES string of the molecule is Cc1c(CC(=O)Nc2cccc([C@@H](C)O)c2)c(=O)oc2cc(O)c(Cl)cc12. The Morgan fingerprint density at radius 3 is 2.74 bits per heavy atom. The first-order chi connectivity index (χ1) is 12.8. The predicted octanol–water partition coefficient (Wildman–Crippen LogP) is 3.69. The van der Waals surface area contributed by atoms with Crippen molar-refractivity contribution in [3.05, 3.63) is 68.5 Å². The molecule has 3 aromatic rings. The number of aromatic hydroxyl groups is 1. The summed E-state index contributed by atoms with van der Waals surface area (Å²) in [7, 11) is 0. The van der Waals surface area contributed by atoms with E-state index in [1.54, 1.807) is 38.1 Å². The summed E-state index contributed by atoms with van der Waals surface area (Å²) in [6, 6.07) is 9.61. The highest BCUT2D eigenvalue weighted by Gasteiger charge is 2.17. The van der Waals surface area contributed by atoms with Crippen molar-refractivity contribution in [2.75, 3.05) is 5.32 Å². The molecule has 2 aromatic carbocycles. The molecule has 3 rings (SSSR count). The van der Waals surface area contributed by atoms with Crippen molar-refractivity contribution in [2.24, 2.45) is 0 Å². The van der Waals surface area contributed by atoms with Crippen molar-refractivity contribution in [1.82, 2.24) is 0 Å². The Morgan fingerprint density at radius 2 is 2.04 bits per heavy atom. The maximum Gasteiger partial charge on any atom is 0.340 e. The number of anilines is 1. The molecular weight excluding hydrogens is 370 g/mol. The van der Waals surface area contributed by atoms with Crippen LogP contribution in [0.25, 0.3) is 11.0 Å². The summed E-state index contributed by atoms with van der Waals surface area (Å²) >= 11 is 5.94. The van der Waals surface area contributed by atoms with E-state index in [1.165, 1.54) is 12.1 Å². The van der Waals surface area contributed by atoms with E-state index in [9.17, 15) is 19.8 Å². The lowest BCUT2D eigenvalue weighted by Gasteiger charge is -2.11. The van der Waals surface area contributed by atoms with E-state index in [0.29, 0.717) is 22.2 Å². The molecule has 140 valence electrons. The number of rotatable bonds is 4. The maximum absolute atomic E-state index is 12.4. The lowest BCUT2D eigenvalue weighted by molar-refractivity contribution is -0.115.